The van der Waals surface area contributed by atoms with E-state index in [1.807, 2.05) is 24.6 Å². The number of hydrogen-bond acceptors (Lipinski definition) is 2. The van der Waals surface area contributed by atoms with Gasteiger partial charge in [-0.05, 0) is 12.2 Å². The minimum absolute atomic E-state index is 0.308. The number of nitrogens with zero attached hydrogens (tertiary/aromatic N) is 2. The van der Waals surface area contributed by atoms with Crippen LogP contribution < -0.4 is 0 Å². The fraction of sp³-hybridized carbons (Fsp3) is 0.250. The summed E-state index contributed by atoms with van der Waals surface area (Å²) in [5.41, 5.74) is 0. The molecule has 2 rings (SSSR count). The Morgan fingerprint density at radius 1 is 1.20 bits per heavy atom. The molecule has 2 unspecified atom stereocenters. The molecule has 0 aromatic carbocycles. The zero-order chi connectivity index (χ0) is 6.81. The molecule has 2 nitrogen and oxygen atoms in total. The summed E-state index contributed by atoms with van der Waals surface area (Å²) in [4.78, 5) is 8.29. The average molecular weight is 132 g/mol. The summed E-state index contributed by atoms with van der Waals surface area (Å²) in [7, 11) is 0. The van der Waals surface area contributed by atoms with Gasteiger partial charge in [-0.2, -0.15) is 0 Å². The number of allylic oxidation sites excluding steroid dienone is 1. The van der Waals surface area contributed by atoms with Gasteiger partial charge in [0, 0.05) is 24.5 Å². The van der Waals surface area contributed by atoms with Crippen molar-refractivity contribution in [1.82, 2.24) is 0 Å². The highest BCUT2D eigenvalue weighted by Crippen LogP contribution is 2.15. The molecule has 2 atom stereocenters. The zero-order valence-electron chi connectivity index (χ0n) is 5.51. The van der Waals surface area contributed by atoms with Crippen molar-refractivity contribution in [3.63, 3.8) is 0 Å². The van der Waals surface area contributed by atoms with Gasteiger partial charge in [0.2, 0.25) is 0 Å². The van der Waals surface area contributed by atoms with Crippen molar-refractivity contribution < 1.29 is 0 Å². The van der Waals surface area contributed by atoms with Crippen LogP contribution >= 0.6 is 0 Å². The van der Waals surface area contributed by atoms with E-state index in [1.165, 1.54) is 0 Å². The van der Waals surface area contributed by atoms with Crippen LogP contribution in [0.5, 0.6) is 0 Å². The Labute approximate surface area is 59.7 Å². The van der Waals surface area contributed by atoms with Gasteiger partial charge in [0.15, 0.2) is 0 Å². The molecule has 2 heterocycles. The lowest BCUT2D eigenvalue weighted by Crippen LogP contribution is -2.20. The van der Waals surface area contributed by atoms with Crippen molar-refractivity contribution >= 4 is 12.4 Å². The fourth-order valence-corrected chi connectivity index (χ4v) is 1.14. The number of aliphatic imine (C=N–C) groups is 2. The first-order chi connectivity index (χ1) is 4.97. The van der Waals surface area contributed by atoms with Crippen LogP contribution in [-0.2, 0) is 0 Å². The highest BCUT2D eigenvalue weighted by Gasteiger charge is 2.16. The van der Waals surface area contributed by atoms with Gasteiger partial charge >= 0.3 is 0 Å². The van der Waals surface area contributed by atoms with Crippen molar-refractivity contribution in [1.29, 1.82) is 0 Å². The summed E-state index contributed by atoms with van der Waals surface area (Å²) in [5.74, 6) is 0.398. The second-order valence-electron chi connectivity index (χ2n) is 2.39. The average Bonchev–Trinajstić information content (AvgIpc) is 2.05. The van der Waals surface area contributed by atoms with E-state index >= 15 is 0 Å². The Morgan fingerprint density at radius 3 is 3.10 bits per heavy atom. The monoisotopic (exact) mass is 132 g/mol. The number of hydrogen-bond donors (Lipinski definition) is 0. The molecule has 0 saturated carbocycles. The van der Waals surface area contributed by atoms with Crippen LogP contribution in [0.4, 0.5) is 0 Å². The fourth-order valence-electron chi connectivity index (χ4n) is 1.14. The lowest BCUT2D eigenvalue weighted by atomic mass is 9.98. The third kappa shape index (κ3) is 0.817. The van der Waals surface area contributed by atoms with E-state index < -0.39 is 0 Å². The van der Waals surface area contributed by atoms with E-state index in [2.05, 4.69) is 16.1 Å². The molecule has 0 aromatic heterocycles. The van der Waals surface area contributed by atoms with E-state index in [1.54, 1.807) is 6.20 Å². The van der Waals surface area contributed by atoms with Gasteiger partial charge in [-0.25, -0.2) is 0 Å². The van der Waals surface area contributed by atoms with Crippen molar-refractivity contribution in [2.45, 2.75) is 6.04 Å². The smallest absolute Gasteiger partial charge is 0.0809 e. The molecule has 0 radical (unpaired) electrons. The second kappa shape index (κ2) is 2.21. The van der Waals surface area contributed by atoms with E-state index in [0.29, 0.717) is 12.0 Å². The van der Waals surface area contributed by atoms with Crippen LogP contribution in [0.25, 0.3) is 0 Å². The molecule has 2 aliphatic heterocycles. The van der Waals surface area contributed by atoms with Crippen LogP contribution in [-0.4, -0.2) is 18.5 Å². The zero-order valence-corrected chi connectivity index (χ0v) is 5.51. The third-order valence-electron chi connectivity index (χ3n) is 1.70. The normalized spacial score (nSPS) is 34.4. The molecule has 50 valence electrons. The first-order valence-electron chi connectivity index (χ1n) is 3.37. The van der Waals surface area contributed by atoms with Crippen molar-refractivity contribution in [3.05, 3.63) is 24.4 Å². The highest BCUT2D eigenvalue weighted by molar-refractivity contribution is 5.77. The number of fused-ring (bicyclic) bond motifs is 1. The number of rotatable bonds is 0. The maximum atomic E-state index is 4.26. The maximum absolute atomic E-state index is 4.26. The molecule has 2 aliphatic rings. The quantitative estimate of drug-likeness (QED) is 0.473. The van der Waals surface area contributed by atoms with Gasteiger partial charge < -0.3 is 0 Å². The number of dihydropyridines is 1. The van der Waals surface area contributed by atoms with Crippen LogP contribution in [0.15, 0.2) is 34.4 Å². The molecule has 10 heavy (non-hydrogen) atoms. The highest BCUT2D eigenvalue weighted by atomic mass is 14.8. The molecular formula is C8H8N2. The van der Waals surface area contributed by atoms with Gasteiger partial charge in [0.1, 0.15) is 0 Å². The van der Waals surface area contributed by atoms with Gasteiger partial charge in [0.25, 0.3) is 0 Å². The molecule has 0 N–H and O–H groups in total. The van der Waals surface area contributed by atoms with Crippen LogP contribution in [0.1, 0.15) is 0 Å². The molecule has 0 aliphatic carbocycles. The lowest BCUT2D eigenvalue weighted by Gasteiger charge is -2.17. The molecule has 0 aromatic rings. The predicted molar refractivity (Wildman–Crippen MR) is 42.5 cm³/mol. The molecule has 0 amide bonds. The molecule has 0 bridgehead atoms. The summed E-state index contributed by atoms with van der Waals surface area (Å²) in [6.45, 7) is 0. The molecular weight excluding hydrogens is 124 g/mol. The Morgan fingerprint density at radius 2 is 2.20 bits per heavy atom. The molecule has 0 spiro atoms. The van der Waals surface area contributed by atoms with Crippen molar-refractivity contribution in [3.8, 4) is 0 Å². The topological polar surface area (TPSA) is 24.7 Å². The Bertz CT molecular complexity index is 186. The molecule has 0 fully saturated rings. The first kappa shape index (κ1) is 5.59. The van der Waals surface area contributed by atoms with Crippen LogP contribution in [0.3, 0.4) is 0 Å². The summed E-state index contributed by atoms with van der Waals surface area (Å²) >= 11 is 0. The summed E-state index contributed by atoms with van der Waals surface area (Å²) in [6, 6.07) is 0.308. The first-order valence-corrected chi connectivity index (χ1v) is 3.37. The van der Waals surface area contributed by atoms with Crippen molar-refractivity contribution in [2.24, 2.45) is 15.9 Å². The van der Waals surface area contributed by atoms with E-state index in [0.717, 1.165) is 0 Å². The molecule has 0 saturated heterocycles. The summed E-state index contributed by atoms with van der Waals surface area (Å²) in [6.07, 6.45) is 11.7. The van der Waals surface area contributed by atoms with Crippen LogP contribution in [0.2, 0.25) is 0 Å². The largest absolute Gasteiger partial charge is 0.285 e. The van der Waals surface area contributed by atoms with Gasteiger partial charge in [-0.1, -0.05) is 6.08 Å². The lowest BCUT2D eigenvalue weighted by molar-refractivity contribution is 0.724. The van der Waals surface area contributed by atoms with E-state index in [9.17, 15) is 0 Å². The predicted octanol–water partition coefficient (Wildman–Crippen LogP) is 1.21. The Kier molecular flexibility index (Phi) is 1.24. The maximum Gasteiger partial charge on any atom is 0.0809 e. The van der Waals surface area contributed by atoms with E-state index in [4.69, 9.17) is 0 Å². The summed E-state index contributed by atoms with van der Waals surface area (Å²) in [5, 5.41) is 0. The van der Waals surface area contributed by atoms with Gasteiger partial charge in [0.05, 0.1) is 6.04 Å². The minimum Gasteiger partial charge on any atom is -0.285 e. The SMILES string of the molecule is C1=CC2C=NC=CC2N=C1. The second-order valence-corrected chi connectivity index (χ2v) is 2.39. The summed E-state index contributed by atoms with van der Waals surface area (Å²) < 4.78 is 0. The van der Waals surface area contributed by atoms with Crippen LogP contribution in [0, 0.1) is 5.92 Å². The standard InChI is InChI=1S/C8H8N2/c1-2-7-6-9-5-3-8(7)10-4-1/h1-8H. The molecule has 2 heteroatoms. The minimum atomic E-state index is 0.308. The van der Waals surface area contributed by atoms with Gasteiger partial charge in [-0.15, -0.1) is 0 Å². The van der Waals surface area contributed by atoms with Gasteiger partial charge in [-0.3, -0.25) is 9.98 Å². The van der Waals surface area contributed by atoms with Crippen molar-refractivity contribution in [2.75, 3.05) is 0 Å². The van der Waals surface area contributed by atoms with E-state index in [-0.39, 0.29) is 0 Å². The Balaban J connectivity index is 2.28. The Hall–Kier alpha value is -1.18. The third-order valence-corrected chi connectivity index (χ3v) is 1.70.